The third-order valence-corrected chi connectivity index (χ3v) is 9.33. The standard InChI is InChI=1S/C34H44N4O6S/c1-4-29(39)28(35-5-2)13-7-6-10-17-36-34(43)44-21-27-24-12-9-8-11-23(24)25-15-14-22(19-26(25)27)37-31(40)16-18-38-32(41)20-30(45-3)33(38)42/h8-9,11-12,14-15,19,27-28,30,35H,4-7,10,13,16-18,20-21H2,1-3H3,(H,36,43)(H,37,40). The maximum Gasteiger partial charge on any atom is 0.407 e. The van der Waals surface area contributed by atoms with E-state index < -0.39 is 6.09 Å². The first kappa shape index (κ1) is 34.2. The van der Waals surface area contributed by atoms with E-state index in [9.17, 15) is 24.0 Å². The lowest BCUT2D eigenvalue weighted by Gasteiger charge is -2.17. The fraction of sp³-hybridized carbons (Fsp3) is 0.500. The quantitative estimate of drug-likeness (QED) is 0.166. The summed E-state index contributed by atoms with van der Waals surface area (Å²) in [7, 11) is 0. The number of Topliss-reactive ketones (excluding diaryl/α,β-unsaturated/α-hetero) is 1. The lowest BCUT2D eigenvalue weighted by Crippen LogP contribution is -2.36. The number of carbonyl (C=O) groups excluding carboxylic acids is 5. The van der Waals surface area contributed by atoms with Crippen molar-refractivity contribution in [1.82, 2.24) is 15.5 Å². The van der Waals surface area contributed by atoms with Crippen LogP contribution in [0.1, 0.15) is 75.8 Å². The Morgan fingerprint density at radius 3 is 2.53 bits per heavy atom. The second-order valence-electron chi connectivity index (χ2n) is 11.4. The predicted molar refractivity (Wildman–Crippen MR) is 176 cm³/mol. The van der Waals surface area contributed by atoms with Gasteiger partial charge in [-0.15, -0.1) is 0 Å². The number of hydrogen-bond acceptors (Lipinski definition) is 8. The number of imide groups is 1. The molecule has 10 nitrogen and oxygen atoms in total. The summed E-state index contributed by atoms with van der Waals surface area (Å²) in [5.41, 5.74) is 4.68. The van der Waals surface area contributed by atoms with E-state index in [-0.39, 0.29) is 66.7 Å². The zero-order valence-electron chi connectivity index (χ0n) is 26.4. The number of fused-ring (bicyclic) bond motifs is 3. The van der Waals surface area contributed by atoms with Crippen LogP contribution < -0.4 is 16.0 Å². The molecule has 45 heavy (non-hydrogen) atoms. The Balaban J connectivity index is 1.28. The van der Waals surface area contributed by atoms with Gasteiger partial charge in [-0.2, -0.15) is 11.8 Å². The molecule has 0 bridgehead atoms. The highest BCUT2D eigenvalue weighted by atomic mass is 32.2. The Morgan fingerprint density at radius 2 is 1.80 bits per heavy atom. The van der Waals surface area contributed by atoms with Gasteiger partial charge in [-0.3, -0.25) is 24.1 Å². The number of thioether (sulfide) groups is 1. The number of likely N-dealkylation sites (tertiary alicyclic amines) is 1. The molecule has 242 valence electrons. The van der Waals surface area contributed by atoms with Crippen LogP contribution in [0.5, 0.6) is 0 Å². The average Bonchev–Trinajstić information content (AvgIpc) is 3.50. The summed E-state index contributed by atoms with van der Waals surface area (Å²) in [5, 5.41) is 8.61. The number of amides is 4. The van der Waals surface area contributed by atoms with Crippen LogP contribution in [0.3, 0.4) is 0 Å². The number of rotatable bonds is 17. The molecule has 1 aliphatic heterocycles. The minimum Gasteiger partial charge on any atom is -0.449 e. The maximum absolute atomic E-state index is 12.8. The topological polar surface area (TPSA) is 134 Å². The highest BCUT2D eigenvalue weighted by molar-refractivity contribution is 8.00. The summed E-state index contributed by atoms with van der Waals surface area (Å²) < 4.78 is 5.65. The van der Waals surface area contributed by atoms with Gasteiger partial charge in [0.2, 0.25) is 17.7 Å². The van der Waals surface area contributed by atoms with Gasteiger partial charge in [-0.1, -0.05) is 57.0 Å². The molecule has 3 unspecified atom stereocenters. The minimum atomic E-state index is -0.480. The highest BCUT2D eigenvalue weighted by Crippen LogP contribution is 2.45. The van der Waals surface area contributed by atoms with Crippen LogP contribution in [0.25, 0.3) is 11.1 Å². The third kappa shape index (κ3) is 8.73. The van der Waals surface area contributed by atoms with Crippen LogP contribution in [0.2, 0.25) is 0 Å². The van der Waals surface area contributed by atoms with Crippen LogP contribution in [0, 0.1) is 0 Å². The van der Waals surface area contributed by atoms with Crippen LogP contribution in [-0.4, -0.2) is 78.3 Å². The molecule has 2 aromatic carbocycles. The summed E-state index contributed by atoms with van der Waals surface area (Å²) >= 11 is 1.35. The molecule has 0 saturated carbocycles. The fourth-order valence-corrected chi connectivity index (χ4v) is 6.63. The van der Waals surface area contributed by atoms with Crippen molar-refractivity contribution in [2.24, 2.45) is 0 Å². The Kier molecular flexibility index (Phi) is 12.6. The lowest BCUT2D eigenvalue weighted by molar-refractivity contribution is -0.138. The fourth-order valence-electron chi connectivity index (χ4n) is 6.00. The molecular weight excluding hydrogens is 592 g/mol. The molecule has 3 N–H and O–H groups in total. The van der Waals surface area contributed by atoms with Crippen molar-refractivity contribution in [2.75, 3.05) is 37.8 Å². The number of hydrogen-bond donors (Lipinski definition) is 3. The molecule has 4 rings (SSSR count). The molecule has 11 heteroatoms. The second kappa shape index (κ2) is 16.6. The molecule has 1 aliphatic carbocycles. The number of alkyl carbamates (subject to hydrolysis) is 1. The van der Waals surface area contributed by atoms with Crippen molar-refractivity contribution in [3.8, 4) is 11.1 Å². The number of anilines is 1. The first-order valence-electron chi connectivity index (χ1n) is 15.8. The van der Waals surface area contributed by atoms with Crippen molar-refractivity contribution in [3.63, 3.8) is 0 Å². The van der Waals surface area contributed by atoms with E-state index in [1.165, 1.54) is 16.7 Å². The molecule has 1 heterocycles. The Bertz CT molecular complexity index is 1400. The van der Waals surface area contributed by atoms with Crippen LogP contribution in [-0.2, 0) is 23.9 Å². The largest absolute Gasteiger partial charge is 0.449 e. The summed E-state index contributed by atoms with van der Waals surface area (Å²) in [5.74, 6) is -0.727. The minimum absolute atomic E-state index is 0.00960. The van der Waals surface area contributed by atoms with Gasteiger partial charge in [-0.25, -0.2) is 4.79 Å². The normalized spacial score (nSPS) is 17.5. The molecule has 1 saturated heterocycles. The summed E-state index contributed by atoms with van der Waals surface area (Å²) in [6, 6.07) is 13.6. The van der Waals surface area contributed by atoms with Gasteiger partial charge >= 0.3 is 6.09 Å². The van der Waals surface area contributed by atoms with Crippen LogP contribution in [0.15, 0.2) is 42.5 Å². The molecule has 2 aliphatic rings. The summed E-state index contributed by atoms with van der Waals surface area (Å²) in [4.78, 5) is 63.1. The summed E-state index contributed by atoms with van der Waals surface area (Å²) in [6.07, 6.45) is 5.43. The maximum atomic E-state index is 12.8. The second-order valence-corrected chi connectivity index (χ2v) is 12.4. The number of ether oxygens (including phenoxy) is 1. The Morgan fingerprint density at radius 1 is 1.02 bits per heavy atom. The zero-order valence-corrected chi connectivity index (χ0v) is 27.2. The molecule has 4 amide bonds. The van der Waals surface area contributed by atoms with Gasteiger partial charge in [0.15, 0.2) is 0 Å². The number of nitrogens with one attached hydrogen (secondary N) is 3. The van der Waals surface area contributed by atoms with Gasteiger partial charge in [0.1, 0.15) is 12.4 Å². The van der Waals surface area contributed by atoms with E-state index in [1.807, 2.05) is 56.3 Å². The predicted octanol–water partition coefficient (Wildman–Crippen LogP) is 4.86. The molecule has 2 aromatic rings. The average molecular weight is 637 g/mol. The van der Waals surface area contributed by atoms with E-state index in [2.05, 4.69) is 16.0 Å². The Hall–Kier alpha value is -3.70. The Labute approximate surface area is 269 Å². The van der Waals surface area contributed by atoms with Gasteiger partial charge < -0.3 is 20.7 Å². The van der Waals surface area contributed by atoms with E-state index >= 15 is 0 Å². The number of nitrogens with zero attached hydrogens (tertiary/aromatic N) is 1. The van der Waals surface area contributed by atoms with E-state index in [0.29, 0.717) is 18.7 Å². The molecule has 3 atom stereocenters. The third-order valence-electron chi connectivity index (χ3n) is 8.39. The molecule has 1 fully saturated rings. The number of carbonyl (C=O) groups is 5. The first-order chi connectivity index (χ1) is 21.8. The number of benzene rings is 2. The lowest BCUT2D eigenvalue weighted by atomic mass is 9.97. The SMILES string of the molecule is CCNC(CCCCCNC(=O)OCC1c2ccccc2-c2ccc(NC(=O)CCN3C(=O)CC(SC)C3=O)cc21)C(=O)CC. The smallest absolute Gasteiger partial charge is 0.407 e. The van der Waals surface area contributed by atoms with E-state index in [1.54, 1.807) is 6.26 Å². The van der Waals surface area contributed by atoms with Gasteiger partial charge in [-0.05, 0) is 60.0 Å². The van der Waals surface area contributed by atoms with Crippen molar-refractivity contribution in [3.05, 3.63) is 53.6 Å². The number of ketones is 1. The molecule has 0 radical (unpaired) electrons. The van der Waals surface area contributed by atoms with Crippen LogP contribution >= 0.6 is 11.8 Å². The van der Waals surface area contributed by atoms with Gasteiger partial charge in [0.25, 0.3) is 0 Å². The summed E-state index contributed by atoms with van der Waals surface area (Å²) in [6.45, 7) is 5.34. The molecular formula is C34H44N4O6S. The van der Waals surface area contributed by atoms with Crippen molar-refractivity contribution in [2.45, 2.75) is 76.0 Å². The van der Waals surface area contributed by atoms with Gasteiger partial charge in [0, 0.05) is 44.0 Å². The van der Waals surface area contributed by atoms with Gasteiger partial charge in [0.05, 0.1) is 11.3 Å². The van der Waals surface area contributed by atoms with Crippen molar-refractivity contribution in [1.29, 1.82) is 0 Å². The van der Waals surface area contributed by atoms with E-state index in [4.69, 9.17) is 4.74 Å². The first-order valence-corrected chi connectivity index (χ1v) is 17.1. The van der Waals surface area contributed by atoms with Crippen molar-refractivity contribution >= 4 is 47.0 Å². The zero-order chi connectivity index (χ0) is 32.3. The molecule has 0 aromatic heterocycles. The van der Waals surface area contributed by atoms with E-state index in [0.717, 1.165) is 54.5 Å². The van der Waals surface area contributed by atoms with Crippen LogP contribution in [0.4, 0.5) is 10.5 Å². The number of likely N-dealkylation sites (N-methyl/N-ethyl adjacent to an activating group) is 1. The monoisotopic (exact) mass is 636 g/mol. The number of unbranched alkanes of at least 4 members (excludes halogenated alkanes) is 2. The highest BCUT2D eigenvalue weighted by Gasteiger charge is 2.38. The van der Waals surface area contributed by atoms with Crippen molar-refractivity contribution < 1.29 is 28.7 Å². The molecule has 0 spiro atoms.